The molecule has 1 N–H and O–H groups in total. The summed E-state index contributed by atoms with van der Waals surface area (Å²) >= 11 is 6.70. The number of aliphatic hydroxyl groups excluding tert-OH is 1. The Labute approximate surface area is 84.1 Å². The third-order valence-electron chi connectivity index (χ3n) is 1.41. The highest BCUT2D eigenvalue weighted by molar-refractivity contribution is 7.15. The van der Waals surface area contributed by atoms with E-state index in [-0.39, 0.29) is 6.42 Å². The number of halogens is 1. The van der Waals surface area contributed by atoms with Gasteiger partial charge in [-0.15, -0.1) is 11.3 Å². The number of esters is 1. The molecule has 1 atom stereocenters. The van der Waals surface area contributed by atoms with Gasteiger partial charge in [0.05, 0.1) is 18.4 Å². The fraction of sp³-hybridized carbons (Fsp3) is 0.429. The van der Waals surface area contributed by atoms with Crippen LogP contribution in [0.4, 0.5) is 0 Å². The average molecular weight is 222 g/mol. The first-order valence-electron chi connectivity index (χ1n) is 3.49. The van der Waals surface area contributed by atoms with Crippen LogP contribution in [-0.2, 0) is 9.53 Å². The molecule has 0 aliphatic heterocycles. The predicted molar refractivity (Wildman–Crippen MR) is 48.7 cm³/mol. The number of carbonyl (C=O) groups is 1. The van der Waals surface area contributed by atoms with Crippen molar-refractivity contribution < 1.29 is 14.6 Å². The number of ether oxygens (including phenoxy) is 1. The maximum Gasteiger partial charge on any atom is 0.308 e. The molecule has 0 spiro atoms. The number of rotatable bonds is 3. The van der Waals surface area contributed by atoms with Crippen LogP contribution >= 0.6 is 22.9 Å². The lowest BCUT2D eigenvalue weighted by Gasteiger charge is -2.04. The van der Waals surface area contributed by atoms with Gasteiger partial charge in [0.2, 0.25) is 0 Å². The summed E-state index contributed by atoms with van der Waals surface area (Å²) in [4.78, 5) is 15.1. The Balaban J connectivity index is 2.58. The molecular weight excluding hydrogens is 214 g/mol. The van der Waals surface area contributed by atoms with Crippen molar-refractivity contribution in [2.75, 3.05) is 7.11 Å². The third kappa shape index (κ3) is 2.95. The molecule has 0 saturated carbocycles. The van der Waals surface area contributed by atoms with E-state index in [0.717, 1.165) is 11.3 Å². The van der Waals surface area contributed by atoms with Gasteiger partial charge in [-0.3, -0.25) is 4.79 Å². The van der Waals surface area contributed by atoms with E-state index >= 15 is 0 Å². The first-order chi connectivity index (χ1) is 6.13. The number of aliphatic hydroxyl groups is 1. The van der Waals surface area contributed by atoms with Crippen LogP contribution in [0.3, 0.4) is 0 Å². The minimum atomic E-state index is -0.877. The maximum absolute atomic E-state index is 10.8. The van der Waals surface area contributed by atoms with Gasteiger partial charge < -0.3 is 9.84 Å². The van der Waals surface area contributed by atoms with Crippen LogP contribution in [0.5, 0.6) is 0 Å². The molecule has 0 aromatic carbocycles. The van der Waals surface area contributed by atoms with Crippen molar-refractivity contribution in [2.24, 2.45) is 0 Å². The van der Waals surface area contributed by atoms with Gasteiger partial charge in [0.15, 0.2) is 4.47 Å². The molecule has 0 amide bonds. The fourth-order valence-corrected chi connectivity index (χ4v) is 1.70. The van der Waals surface area contributed by atoms with E-state index in [1.54, 1.807) is 0 Å². The molecule has 0 fully saturated rings. The maximum atomic E-state index is 10.8. The molecule has 1 aromatic rings. The monoisotopic (exact) mass is 221 g/mol. The number of nitrogens with zero attached hydrogens (tertiary/aromatic N) is 1. The number of hydrogen-bond acceptors (Lipinski definition) is 5. The molecule has 0 radical (unpaired) electrons. The molecule has 72 valence electrons. The normalized spacial score (nSPS) is 12.5. The average Bonchev–Trinajstić information content (AvgIpc) is 2.51. The van der Waals surface area contributed by atoms with E-state index in [1.807, 2.05) is 0 Å². The highest BCUT2D eigenvalue weighted by Gasteiger charge is 2.15. The highest BCUT2D eigenvalue weighted by Crippen LogP contribution is 2.26. The highest BCUT2D eigenvalue weighted by atomic mass is 35.5. The van der Waals surface area contributed by atoms with Crippen LogP contribution in [0.2, 0.25) is 4.47 Å². The fourth-order valence-electron chi connectivity index (χ4n) is 0.760. The first kappa shape index (κ1) is 10.4. The smallest absolute Gasteiger partial charge is 0.308 e. The first-order valence-corrected chi connectivity index (χ1v) is 4.69. The summed E-state index contributed by atoms with van der Waals surface area (Å²) < 4.78 is 4.75. The van der Waals surface area contributed by atoms with Crippen molar-refractivity contribution >= 4 is 28.9 Å². The van der Waals surface area contributed by atoms with Crippen molar-refractivity contribution in [3.63, 3.8) is 0 Å². The molecule has 1 aromatic heterocycles. The number of methoxy groups -OCH3 is 1. The van der Waals surface area contributed by atoms with Gasteiger partial charge >= 0.3 is 5.97 Å². The van der Waals surface area contributed by atoms with E-state index < -0.39 is 12.1 Å². The Morgan fingerprint density at radius 3 is 3.08 bits per heavy atom. The van der Waals surface area contributed by atoms with Crippen molar-refractivity contribution in [2.45, 2.75) is 12.5 Å². The third-order valence-corrected chi connectivity index (χ3v) is 2.63. The van der Waals surface area contributed by atoms with Crippen LogP contribution in [0.1, 0.15) is 17.4 Å². The van der Waals surface area contributed by atoms with E-state index in [2.05, 4.69) is 9.72 Å². The minimum Gasteiger partial charge on any atom is -0.469 e. The van der Waals surface area contributed by atoms with Crippen LogP contribution < -0.4 is 0 Å². The van der Waals surface area contributed by atoms with Gasteiger partial charge in [-0.1, -0.05) is 11.6 Å². The summed E-state index contributed by atoms with van der Waals surface area (Å²) in [5.41, 5.74) is 0. The number of aromatic nitrogens is 1. The zero-order chi connectivity index (χ0) is 9.84. The zero-order valence-corrected chi connectivity index (χ0v) is 8.43. The summed E-state index contributed by atoms with van der Waals surface area (Å²) in [5.74, 6) is -0.461. The minimum absolute atomic E-state index is 0.0744. The molecule has 0 aliphatic carbocycles. The van der Waals surface area contributed by atoms with Gasteiger partial charge in [-0.2, -0.15) is 0 Å². The van der Waals surface area contributed by atoms with E-state index in [9.17, 15) is 9.90 Å². The number of carbonyl (C=O) groups excluding carboxylic acids is 1. The van der Waals surface area contributed by atoms with Crippen LogP contribution in [0, 0.1) is 0 Å². The molecule has 0 saturated heterocycles. The second kappa shape index (κ2) is 4.55. The van der Waals surface area contributed by atoms with Gasteiger partial charge in [-0.25, -0.2) is 4.98 Å². The van der Waals surface area contributed by atoms with Gasteiger partial charge in [0.25, 0.3) is 0 Å². The Morgan fingerprint density at radius 1 is 1.92 bits per heavy atom. The predicted octanol–water partition coefficient (Wildman–Crippen LogP) is 1.39. The lowest BCUT2D eigenvalue weighted by Crippen LogP contribution is -2.06. The molecule has 1 rings (SSSR count). The molecule has 1 heterocycles. The van der Waals surface area contributed by atoms with E-state index in [0.29, 0.717) is 9.34 Å². The second-order valence-electron chi connectivity index (χ2n) is 2.31. The van der Waals surface area contributed by atoms with Crippen LogP contribution in [0.15, 0.2) is 6.20 Å². The largest absolute Gasteiger partial charge is 0.469 e. The SMILES string of the molecule is COC(=O)C[C@@H](O)c1cnc(Cl)s1. The standard InChI is InChI=1S/C7H8ClNO3S/c1-12-6(11)2-4(10)5-3-9-7(8)13-5/h3-4,10H,2H2,1H3/t4-/m1/s1. The Hall–Kier alpha value is -0.650. The van der Waals surface area contributed by atoms with Crippen LogP contribution in [-0.4, -0.2) is 23.2 Å². The Kier molecular flexibility index (Phi) is 3.65. The molecule has 6 heteroatoms. The number of hydrogen-bond donors (Lipinski definition) is 1. The zero-order valence-electron chi connectivity index (χ0n) is 6.86. The van der Waals surface area contributed by atoms with Gasteiger partial charge in [0, 0.05) is 6.20 Å². The van der Waals surface area contributed by atoms with E-state index in [1.165, 1.54) is 13.3 Å². The molecule has 0 unspecified atom stereocenters. The van der Waals surface area contributed by atoms with Crippen molar-refractivity contribution in [3.05, 3.63) is 15.5 Å². The molecule has 0 aliphatic rings. The Morgan fingerprint density at radius 2 is 2.62 bits per heavy atom. The molecule has 4 nitrogen and oxygen atoms in total. The van der Waals surface area contributed by atoms with Crippen molar-refractivity contribution in [3.8, 4) is 0 Å². The summed E-state index contributed by atoms with van der Waals surface area (Å²) in [6, 6.07) is 0. The molecular formula is C7H8ClNO3S. The summed E-state index contributed by atoms with van der Waals surface area (Å²) in [5, 5.41) is 9.45. The summed E-state index contributed by atoms with van der Waals surface area (Å²) in [6.07, 6.45) is 0.493. The second-order valence-corrected chi connectivity index (χ2v) is 3.96. The number of thiazole rings is 1. The van der Waals surface area contributed by atoms with Crippen molar-refractivity contribution in [1.29, 1.82) is 0 Å². The summed E-state index contributed by atoms with van der Waals surface area (Å²) in [7, 11) is 1.27. The lowest BCUT2D eigenvalue weighted by atomic mass is 10.2. The summed E-state index contributed by atoms with van der Waals surface area (Å²) in [6.45, 7) is 0. The van der Waals surface area contributed by atoms with Crippen LogP contribution in [0.25, 0.3) is 0 Å². The van der Waals surface area contributed by atoms with Crippen molar-refractivity contribution in [1.82, 2.24) is 4.98 Å². The van der Waals surface area contributed by atoms with Gasteiger partial charge in [-0.05, 0) is 0 Å². The lowest BCUT2D eigenvalue weighted by molar-refractivity contribution is -0.142. The molecule has 13 heavy (non-hydrogen) atoms. The van der Waals surface area contributed by atoms with E-state index in [4.69, 9.17) is 11.6 Å². The van der Waals surface area contributed by atoms with Gasteiger partial charge in [0.1, 0.15) is 6.10 Å². The molecule has 0 bridgehead atoms. The Bertz CT molecular complexity index is 302. The quantitative estimate of drug-likeness (QED) is 0.784. The topological polar surface area (TPSA) is 59.4 Å².